The van der Waals surface area contributed by atoms with Crippen molar-refractivity contribution in [2.24, 2.45) is 16.6 Å². The van der Waals surface area contributed by atoms with Crippen LogP contribution >= 0.6 is 0 Å². The average Bonchev–Trinajstić information content (AvgIpc) is 2.79. The first-order valence-electron chi connectivity index (χ1n) is 7.31. The monoisotopic (exact) mass is 296 g/mol. The van der Waals surface area contributed by atoms with E-state index in [4.69, 9.17) is 5.73 Å². The van der Waals surface area contributed by atoms with Crippen LogP contribution in [0.3, 0.4) is 0 Å². The summed E-state index contributed by atoms with van der Waals surface area (Å²) < 4.78 is 0. The normalized spacial score (nSPS) is 27.2. The molecule has 4 N–H and O–H groups in total. The van der Waals surface area contributed by atoms with Gasteiger partial charge in [0.15, 0.2) is 12.0 Å². The number of hydrogen-bond acceptors (Lipinski definition) is 4. The van der Waals surface area contributed by atoms with E-state index >= 15 is 0 Å². The number of imide groups is 1. The van der Waals surface area contributed by atoms with Crippen molar-refractivity contribution in [2.75, 3.05) is 26.7 Å². The van der Waals surface area contributed by atoms with Crippen LogP contribution in [-0.2, 0) is 4.79 Å². The number of rotatable bonds is 5. The molecule has 2 atom stereocenters. The topological polar surface area (TPSA) is 103 Å². The second kappa shape index (κ2) is 6.30. The van der Waals surface area contributed by atoms with Crippen LogP contribution in [0, 0.1) is 5.92 Å². The van der Waals surface area contributed by atoms with Gasteiger partial charge in [-0.2, -0.15) is 0 Å². The number of nitrogens with zero attached hydrogens (tertiary/aromatic N) is 3. The quantitative estimate of drug-likeness (QED) is 0.612. The van der Waals surface area contributed by atoms with Gasteiger partial charge in [0.1, 0.15) is 6.17 Å². The first kappa shape index (κ1) is 15.6. The molecule has 0 spiro atoms. The van der Waals surface area contributed by atoms with Crippen LogP contribution in [0.15, 0.2) is 4.99 Å². The first-order valence-corrected chi connectivity index (χ1v) is 7.31. The SMILES string of the molecule is CC(C)CCN1C(=NCCN)NC2C1C(=O)NC(=O)N2C. The summed E-state index contributed by atoms with van der Waals surface area (Å²) in [5.41, 5.74) is 5.50. The van der Waals surface area contributed by atoms with Gasteiger partial charge in [-0.05, 0) is 12.3 Å². The predicted molar refractivity (Wildman–Crippen MR) is 79.5 cm³/mol. The third-order valence-corrected chi connectivity index (χ3v) is 3.76. The van der Waals surface area contributed by atoms with Crippen molar-refractivity contribution in [3.63, 3.8) is 0 Å². The van der Waals surface area contributed by atoms with Crippen molar-refractivity contribution in [3.8, 4) is 0 Å². The number of guanidine groups is 1. The van der Waals surface area contributed by atoms with Gasteiger partial charge >= 0.3 is 6.03 Å². The fraction of sp³-hybridized carbons (Fsp3) is 0.769. The van der Waals surface area contributed by atoms with Crippen LogP contribution in [0.1, 0.15) is 20.3 Å². The molecule has 2 unspecified atom stereocenters. The van der Waals surface area contributed by atoms with Crippen molar-refractivity contribution < 1.29 is 9.59 Å². The number of carbonyl (C=O) groups excluding carboxylic acids is 2. The molecule has 0 aromatic carbocycles. The largest absolute Gasteiger partial charge is 0.334 e. The Kier molecular flexibility index (Phi) is 4.66. The Balaban J connectivity index is 2.23. The molecule has 8 nitrogen and oxygen atoms in total. The molecular formula is C13H24N6O2. The molecule has 8 heteroatoms. The molecule has 2 fully saturated rings. The highest BCUT2D eigenvalue weighted by Crippen LogP contribution is 2.21. The molecule has 0 bridgehead atoms. The Labute approximate surface area is 124 Å². The van der Waals surface area contributed by atoms with Crippen molar-refractivity contribution in [1.29, 1.82) is 0 Å². The van der Waals surface area contributed by atoms with E-state index in [2.05, 4.69) is 29.5 Å². The highest BCUT2D eigenvalue weighted by molar-refractivity contribution is 6.04. The van der Waals surface area contributed by atoms with Gasteiger partial charge in [0, 0.05) is 20.1 Å². The molecule has 2 heterocycles. The van der Waals surface area contributed by atoms with Gasteiger partial charge in [-0.3, -0.25) is 15.1 Å². The molecule has 2 aliphatic rings. The Morgan fingerprint density at radius 1 is 1.38 bits per heavy atom. The average molecular weight is 296 g/mol. The second-order valence-corrected chi connectivity index (χ2v) is 5.81. The molecule has 0 radical (unpaired) electrons. The maximum absolute atomic E-state index is 12.2. The fourth-order valence-corrected chi connectivity index (χ4v) is 2.53. The number of hydrogen-bond donors (Lipinski definition) is 3. The molecule has 3 amide bonds. The van der Waals surface area contributed by atoms with Gasteiger partial charge in [0.2, 0.25) is 0 Å². The summed E-state index contributed by atoms with van der Waals surface area (Å²) in [4.78, 5) is 31.8. The molecule has 2 saturated heterocycles. The second-order valence-electron chi connectivity index (χ2n) is 5.81. The highest BCUT2D eigenvalue weighted by Gasteiger charge is 2.49. The van der Waals surface area contributed by atoms with E-state index in [-0.39, 0.29) is 12.1 Å². The number of nitrogens with two attached hydrogens (primary N) is 1. The molecule has 0 saturated carbocycles. The van der Waals surface area contributed by atoms with Crippen LogP contribution in [0.5, 0.6) is 0 Å². The van der Waals surface area contributed by atoms with E-state index in [1.165, 1.54) is 4.90 Å². The van der Waals surface area contributed by atoms with Gasteiger partial charge in [-0.25, -0.2) is 4.79 Å². The lowest BCUT2D eigenvalue weighted by Gasteiger charge is -2.35. The predicted octanol–water partition coefficient (Wildman–Crippen LogP) is -0.871. The first-order chi connectivity index (χ1) is 9.95. The summed E-state index contributed by atoms with van der Waals surface area (Å²) in [5.74, 6) is 0.885. The van der Waals surface area contributed by atoms with E-state index in [0.29, 0.717) is 31.5 Å². The number of carbonyl (C=O) groups is 2. The van der Waals surface area contributed by atoms with Crippen LogP contribution in [0.4, 0.5) is 4.79 Å². The Morgan fingerprint density at radius 2 is 2.10 bits per heavy atom. The number of fused-ring (bicyclic) bond motifs is 1. The van der Waals surface area contributed by atoms with Crippen LogP contribution in [0.25, 0.3) is 0 Å². The molecule has 0 aromatic rings. The van der Waals surface area contributed by atoms with E-state index in [9.17, 15) is 9.59 Å². The van der Waals surface area contributed by atoms with Crippen molar-refractivity contribution in [2.45, 2.75) is 32.5 Å². The van der Waals surface area contributed by atoms with Crippen LogP contribution < -0.4 is 16.4 Å². The van der Waals surface area contributed by atoms with Crippen molar-refractivity contribution in [3.05, 3.63) is 0 Å². The lowest BCUT2D eigenvalue weighted by Crippen LogP contribution is -2.64. The minimum Gasteiger partial charge on any atom is -0.334 e. The smallest absolute Gasteiger partial charge is 0.325 e. The van der Waals surface area contributed by atoms with Crippen LogP contribution in [-0.4, -0.2) is 66.6 Å². The number of nitrogens with one attached hydrogen (secondary N) is 2. The fourth-order valence-electron chi connectivity index (χ4n) is 2.53. The van der Waals surface area contributed by atoms with Gasteiger partial charge in [0.05, 0.1) is 6.54 Å². The van der Waals surface area contributed by atoms with E-state index in [1.807, 2.05) is 4.90 Å². The summed E-state index contributed by atoms with van der Waals surface area (Å²) >= 11 is 0. The molecule has 0 aliphatic carbocycles. The van der Waals surface area contributed by atoms with Crippen LogP contribution in [0.2, 0.25) is 0 Å². The lowest BCUT2D eigenvalue weighted by atomic mass is 10.1. The van der Waals surface area contributed by atoms with E-state index in [0.717, 1.165) is 6.42 Å². The standard InChI is InChI=1S/C13H24N6O2/c1-8(2)4-7-19-9-10(16-12(19)15-6-5-14)18(3)13(21)17-11(9)20/h8-10H,4-7,14H2,1-3H3,(H,15,16)(H,17,20,21). The summed E-state index contributed by atoms with van der Waals surface area (Å²) in [7, 11) is 1.67. The minimum atomic E-state index is -0.442. The Hall–Kier alpha value is -1.83. The van der Waals surface area contributed by atoms with Gasteiger partial charge in [-0.1, -0.05) is 13.8 Å². The van der Waals surface area contributed by atoms with Gasteiger partial charge in [-0.15, -0.1) is 0 Å². The van der Waals surface area contributed by atoms with Crippen molar-refractivity contribution >= 4 is 17.9 Å². The summed E-state index contributed by atoms with van der Waals surface area (Å²) in [6, 6.07) is -0.833. The summed E-state index contributed by atoms with van der Waals surface area (Å²) in [6.45, 7) is 5.91. The molecule has 0 aromatic heterocycles. The summed E-state index contributed by atoms with van der Waals surface area (Å²) in [5, 5.41) is 5.56. The summed E-state index contributed by atoms with van der Waals surface area (Å²) in [6.07, 6.45) is 0.562. The zero-order chi connectivity index (χ0) is 15.6. The molecule has 118 valence electrons. The lowest BCUT2D eigenvalue weighted by molar-refractivity contribution is -0.127. The molecule has 21 heavy (non-hydrogen) atoms. The third-order valence-electron chi connectivity index (χ3n) is 3.76. The minimum absolute atomic E-state index is 0.280. The highest BCUT2D eigenvalue weighted by atomic mass is 16.2. The number of urea groups is 1. The third kappa shape index (κ3) is 3.10. The van der Waals surface area contributed by atoms with Crippen molar-refractivity contribution in [1.82, 2.24) is 20.4 Å². The maximum Gasteiger partial charge on any atom is 0.325 e. The van der Waals surface area contributed by atoms with E-state index in [1.54, 1.807) is 7.05 Å². The molecular weight excluding hydrogens is 272 g/mol. The van der Waals surface area contributed by atoms with E-state index < -0.39 is 12.1 Å². The number of likely N-dealkylation sites (N-methyl/N-ethyl adjacent to an activating group) is 1. The molecule has 2 aliphatic heterocycles. The van der Waals surface area contributed by atoms with Gasteiger partial charge < -0.3 is 20.9 Å². The number of aliphatic imine (C=N–C) groups is 1. The Bertz CT molecular complexity index is 450. The molecule has 2 rings (SSSR count). The Morgan fingerprint density at radius 3 is 2.71 bits per heavy atom. The number of amides is 3. The zero-order valence-corrected chi connectivity index (χ0v) is 12.8. The zero-order valence-electron chi connectivity index (χ0n) is 12.8. The maximum atomic E-state index is 12.2. The van der Waals surface area contributed by atoms with Gasteiger partial charge in [0.25, 0.3) is 5.91 Å².